The lowest BCUT2D eigenvalue weighted by Crippen LogP contribution is -2.47. The number of benzene rings is 3. The molecule has 334 valence electrons. The second-order valence-electron chi connectivity index (χ2n) is 17.6. The molecule has 0 bridgehead atoms. The van der Waals surface area contributed by atoms with Crippen molar-refractivity contribution in [1.82, 2.24) is 34.3 Å². The van der Waals surface area contributed by atoms with Crippen LogP contribution in [0.5, 0.6) is 5.75 Å². The zero-order chi connectivity index (χ0) is 44.8. The van der Waals surface area contributed by atoms with Crippen molar-refractivity contribution in [3.63, 3.8) is 0 Å². The van der Waals surface area contributed by atoms with Crippen LogP contribution in [0.4, 0.5) is 11.4 Å². The number of hydrogen-bond acceptors (Lipinski definition) is 12. The number of ether oxygens (including phenoxy) is 2. The van der Waals surface area contributed by atoms with Gasteiger partial charge in [-0.1, -0.05) is 43.2 Å². The normalized spacial score (nSPS) is 18.8. The van der Waals surface area contributed by atoms with Gasteiger partial charge in [0.05, 0.1) is 33.2 Å². The van der Waals surface area contributed by atoms with Crippen molar-refractivity contribution in [3.05, 3.63) is 117 Å². The van der Waals surface area contributed by atoms with Gasteiger partial charge in [0.1, 0.15) is 18.2 Å². The molecule has 2 aliphatic heterocycles. The molecular weight excluding hydrogens is 858 g/mol. The van der Waals surface area contributed by atoms with Crippen molar-refractivity contribution >= 4 is 66.5 Å². The number of halogens is 1. The maximum atomic E-state index is 14.2. The third-order valence-corrected chi connectivity index (χ3v) is 14.1. The number of anilines is 1. The number of nitro benzene ring substituents is 1. The van der Waals surface area contributed by atoms with Gasteiger partial charge in [-0.25, -0.2) is 23.1 Å². The summed E-state index contributed by atoms with van der Waals surface area (Å²) >= 11 is 6.26. The average Bonchev–Trinajstić information content (AvgIpc) is 3.92. The smallest absolute Gasteiger partial charge is 0.312 e. The summed E-state index contributed by atoms with van der Waals surface area (Å²) in [5.41, 5.74) is 6.88. The number of H-pyrrole nitrogens is 1. The minimum Gasteiger partial charge on any atom is -0.484 e. The molecule has 16 nitrogen and oxygen atoms in total. The fraction of sp³-hybridized carbons (Fsp3) is 0.370. The summed E-state index contributed by atoms with van der Waals surface area (Å²) in [5.74, 6) is -1.03. The molecule has 0 saturated carbocycles. The number of hydrogen-bond donors (Lipinski definition) is 2. The molecular formula is C46H50ClN9O7S. The molecule has 1 amide bonds. The molecule has 3 aliphatic rings. The van der Waals surface area contributed by atoms with Crippen LogP contribution in [0.25, 0.3) is 33.3 Å². The number of nitro groups is 1. The number of aromatic nitrogens is 4. The van der Waals surface area contributed by atoms with Crippen molar-refractivity contribution < 1.29 is 27.6 Å². The van der Waals surface area contributed by atoms with E-state index in [1.54, 1.807) is 23.1 Å². The molecule has 1 atom stereocenters. The van der Waals surface area contributed by atoms with Gasteiger partial charge in [-0.15, -0.1) is 0 Å². The summed E-state index contributed by atoms with van der Waals surface area (Å²) in [7, 11) is -2.67. The molecule has 0 spiro atoms. The lowest BCUT2D eigenvalue weighted by Gasteiger charge is -2.39. The number of carbonyl (C=O) groups is 1. The summed E-state index contributed by atoms with van der Waals surface area (Å²) in [6.07, 6.45) is 6.25. The first-order valence-corrected chi connectivity index (χ1v) is 23.2. The van der Waals surface area contributed by atoms with E-state index in [1.165, 1.54) is 28.8 Å². The first-order chi connectivity index (χ1) is 30.7. The molecule has 6 aromatic rings. The number of piperazine rings is 1. The van der Waals surface area contributed by atoms with E-state index in [2.05, 4.69) is 60.5 Å². The maximum Gasteiger partial charge on any atom is 0.312 e. The highest BCUT2D eigenvalue weighted by Crippen LogP contribution is 2.43. The Kier molecular flexibility index (Phi) is 11.9. The highest BCUT2D eigenvalue weighted by Gasteiger charge is 2.31. The lowest BCUT2D eigenvalue weighted by atomic mass is 9.72. The summed E-state index contributed by atoms with van der Waals surface area (Å²) in [5, 5.41) is 16.9. The number of nitrogens with one attached hydrogen (secondary N) is 2. The van der Waals surface area contributed by atoms with Crippen LogP contribution in [0.2, 0.25) is 5.02 Å². The number of pyridine rings is 1. The Morgan fingerprint density at radius 2 is 1.84 bits per heavy atom. The van der Waals surface area contributed by atoms with Gasteiger partial charge in [-0.2, -0.15) is 0 Å². The Morgan fingerprint density at radius 1 is 1.05 bits per heavy atom. The van der Waals surface area contributed by atoms with Crippen molar-refractivity contribution in [3.8, 4) is 11.4 Å². The van der Waals surface area contributed by atoms with E-state index in [4.69, 9.17) is 21.1 Å². The number of fused-ring (bicyclic) bond motifs is 2. The highest BCUT2D eigenvalue weighted by atomic mass is 35.5. The van der Waals surface area contributed by atoms with Gasteiger partial charge in [-0.05, 0) is 97.5 Å². The van der Waals surface area contributed by atoms with Crippen LogP contribution in [0.1, 0.15) is 49.0 Å². The number of amides is 1. The third kappa shape index (κ3) is 9.21. The van der Waals surface area contributed by atoms with E-state index >= 15 is 0 Å². The standard InChI is InChI=1S/C46H50ClN9O7S/c1-46(2)14-12-32(38(25-46)30-4-6-33(47)7-5-30)27-53-16-18-54(19-17-53)34-8-10-37(40(23-34)55-41-22-31-13-15-48-44(31)50-39(41)26-49-55)45(57)51-64(60,61)36-9-11-43(42(24-36)56(58)59)63-29-35-28-52(3)20-21-62-35/h4-11,13,15,22-24,26,35,49H,12,14,16-21,25,27-29H2,1-3H3,(H,51,57)/t35-/m0/s1. The van der Waals surface area contributed by atoms with Gasteiger partial charge in [0, 0.05) is 80.4 Å². The Balaban J connectivity index is 0.972. The minimum absolute atomic E-state index is 0.0415. The molecule has 2 saturated heterocycles. The fourth-order valence-corrected chi connectivity index (χ4v) is 10.0. The number of aromatic amines is 1. The summed E-state index contributed by atoms with van der Waals surface area (Å²) < 4.78 is 43.0. The molecule has 5 heterocycles. The summed E-state index contributed by atoms with van der Waals surface area (Å²) in [6.45, 7) is 10.5. The average molecular weight is 908 g/mol. The van der Waals surface area contributed by atoms with E-state index in [-0.39, 0.29) is 29.4 Å². The van der Waals surface area contributed by atoms with Crippen molar-refractivity contribution in [2.24, 2.45) is 5.41 Å². The van der Waals surface area contributed by atoms with Crippen LogP contribution in [0.3, 0.4) is 0 Å². The van der Waals surface area contributed by atoms with Gasteiger partial charge in [0.2, 0.25) is 0 Å². The zero-order valence-electron chi connectivity index (χ0n) is 35.9. The summed E-state index contributed by atoms with van der Waals surface area (Å²) in [4.78, 5) is 41.0. The Hall–Kier alpha value is -5.85. The number of likely N-dealkylation sites (N-methyl/N-ethyl adjacent to an activating group) is 1. The maximum absolute atomic E-state index is 14.2. The molecule has 3 aromatic carbocycles. The topological polar surface area (TPSA) is 181 Å². The lowest BCUT2D eigenvalue weighted by molar-refractivity contribution is -0.386. The molecule has 18 heteroatoms. The van der Waals surface area contributed by atoms with Crippen LogP contribution < -0.4 is 14.4 Å². The molecule has 3 aromatic heterocycles. The SMILES string of the molecule is CN1CCO[C@H](COc2ccc(S(=O)(=O)NC(=O)c3ccc(N4CCN(CC5=C(c6ccc(Cl)cc6)CC(C)(C)CC5)CC4)cc3-n3[nH]cc4nc5nccc5cc43)cc2[N+](=O)[O-])C1. The second-order valence-corrected chi connectivity index (χ2v) is 19.8. The second kappa shape index (κ2) is 17.6. The van der Waals surface area contributed by atoms with Crippen LogP contribution >= 0.6 is 11.6 Å². The monoisotopic (exact) mass is 907 g/mol. The number of rotatable bonds is 12. The van der Waals surface area contributed by atoms with E-state index in [0.29, 0.717) is 35.5 Å². The molecule has 2 fully saturated rings. The first kappa shape index (κ1) is 43.4. The fourth-order valence-electron chi connectivity index (χ4n) is 8.92. The van der Waals surface area contributed by atoms with Gasteiger partial charge in [0.25, 0.3) is 15.9 Å². The largest absolute Gasteiger partial charge is 0.484 e. The minimum atomic E-state index is -4.61. The summed E-state index contributed by atoms with van der Waals surface area (Å²) in [6, 6.07) is 20.5. The Morgan fingerprint density at radius 3 is 2.61 bits per heavy atom. The number of nitrogens with zero attached hydrogens (tertiary/aromatic N) is 7. The van der Waals surface area contributed by atoms with Crippen molar-refractivity contribution in [1.29, 1.82) is 0 Å². The Labute approximate surface area is 376 Å². The quantitative estimate of drug-likeness (QED) is 0.0943. The number of allylic oxidation sites excluding steroid dienone is 1. The molecule has 9 rings (SSSR count). The zero-order valence-corrected chi connectivity index (χ0v) is 37.5. The van der Waals surface area contributed by atoms with Gasteiger partial charge >= 0.3 is 5.69 Å². The third-order valence-electron chi connectivity index (χ3n) is 12.5. The van der Waals surface area contributed by atoms with E-state index in [1.807, 2.05) is 43.4 Å². The van der Waals surface area contributed by atoms with Crippen LogP contribution in [0.15, 0.2) is 95.7 Å². The predicted molar refractivity (Wildman–Crippen MR) is 246 cm³/mol. The number of carbonyl (C=O) groups excluding carboxylic acids is 1. The molecule has 1 aliphatic carbocycles. The van der Waals surface area contributed by atoms with Gasteiger partial charge < -0.3 is 19.3 Å². The van der Waals surface area contributed by atoms with E-state index in [9.17, 15) is 23.3 Å². The van der Waals surface area contributed by atoms with Gasteiger partial charge in [0.15, 0.2) is 11.4 Å². The van der Waals surface area contributed by atoms with Crippen LogP contribution in [-0.4, -0.2) is 121 Å². The van der Waals surface area contributed by atoms with Crippen LogP contribution in [0, 0.1) is 15.5 Å². The van der Waals surface area contributed by atoms with E-state index in [0.717, 1.165) is 80.7 Å². The predicted octanol–water partition coefficient (Wildman–Crippen LogP) is 7.08. The molecule has 0 radical (unpaired) electrons. The van der Waals surface area contributed by atoms with E-state index < -0.39 is 31.4 Å². The number of sulfonamides is 1. The Bertz CT molecular complexity index is 2890. The van der Waals surface area contributed by atoms with Crippen LogP contribution in [-0.2, 0) is 14.8 Å². The molecule has 0 unspecified atom stereocenters. The highest BCUT2D eigenvalue weighted by molar-refractivity contribution is 7.90. The van der Waals surface area contributed by atoms with Gasteiger partial charge in [-0.3, -0.25) is 29.6 Å². The number of morpholine rings is 1. The first-order valence-electron chi connectivity index (χ1n) is 21.4. The molecule has 2 N–H and O–H groups in total. The molecule has 64 heavy (non-hydrogen) atoms. The van der Waals surface area contributed by atoms with Crippen molar-refractivity contribution in [2.45, 2.75) is 44.1 Å². The van der Waals surface area contributed by atoms with Crippen molar-refractivity contribution in [2.75, 3.05) is 71.0 Å².